The molecule has 70 valence electrons. The molecule has 0 radical (unpaired) electrons. The maximum atomic E-state index is 10.5. The molecule has 1 rings (SSSR count). The zero-order valence-electron chi connectivity index (χ0n) is 6.70. The van der Waals surface area contributed by atoms with Crippen molar-refractivity contribution in [1.82, 2.24) is 0 Å². The van der Waals surface area contributed by atoms with Gasteiger partial charge in [-0.3, -0.25) is 4.79 Å². The maximum absolute atomic E-state index is 10.5. The Morgan fingerprint density at radius 3 is 2.62 bits per heavy atom. The third kappa shape index (κ3) is 2.11. The van der Waals surface area contributed by atoms with Gasteiger partial charge < -0.3 is 16.6 Å². The van der Waals surface area contributed by atoms with Gasteiger partial charge in [-0.15, -0.1) is 0 Å². The highest BCUT2D eigenvalue weighted by atomic mass is 35.5. The summed E-state index contributed by atoms with van der Waals surface area (Å²) in [6.07, 6.45) is 0. The van der Waals surface area contributed by atoms with Gasteiger partial charge in [0, 0.05) is 0 Å². The highest BCUT2D eigenvalue weighted by molar-refractivity contribution is 6.33. The number of halogens is 1. The van der Waals surface area contributed by atoms with Crippen molar-refractivity contribution in [2.45, 2.75) is 6.04 Å². The van der Waals surface area contributed by atoms with Crippen LogP contribution in [0.5, 0.6) is 0 Å². The van der Waals surface area contributed by atoms with Gasteiger partial charge in [0.25, 0.3) is 0 Å². The van der Waals surface area contributed by atoms with Crippen LogP contribution in [0.3, 0.4) is 0 Å². The molecule has 1 unspecified atom stereocenters. The standard InChI is InChI=1S/C8H9ClN2O2/c9-5-2-1-4(3-6(5)10)7(11)8(12)13/h1-3,7H,10-11H2,(H,12,13). The highest BCUT2D eigenvalue weighted by Gasteiger charge is 2.14. The Morgan fingerprint density at radius 1 is 1.54 bits per heavy atom. The minimum atomic E-state index is -1.10. The lowest BCUT2D eigenvalue weighted by atomic mass is 10.1. The minimum Gasteiger partial charge on any atom is -0.480 e. The maximum Gasteiger partial charge on any atom is 0.325 e. The molecule has 5 heteroatoms. The van der Waals surface area contributed by atoms with Gasteiger partial charge >= 0.3 is 5.97 Å². The molecule has 0 amide bonds. The molecule has 1 aromatic carbocycles. The number of benzene rings is 1. The van der Waals surface area contributed by atoms with Gasteiger partial charge in [-0.05, 0) is 17.7 Å². The fourth-order valence-electron chi connectivity index (χ4n) is 0.898. The third-order valence-corrected chi connectivity index (χ3v) is 1.99. The lowest BCUT2D eigenvalue weighted by Gasteiger charge is -2.07. The number of carboxylic acids is 1. The molecule has 0 aliphatic rings. The first-order valence-electron chi connectivity index (χ1n) is 3.55. The largest absolute Gasteiger partial charge is 0.480 e. The Hall–Kier alpha value is -1.26. The number of nitrogen functional groups attached to an aromatic ring is 1. The Balaban J connectivity index is 3.03. The molecule has 4 nitrogen and oxygen atoms in total. The average Bonchev–Trinajstić information content (AvgIpc) is 2.08. The summed E-state index contributed by atoms with van der Waals surface area (Å²) in [6.45, 7) is 0. The van der Waals surface area contributed by atoms with Crippen LogP contribution in [-0.2, 0) is 4.79 Å². The van der Waals surface area contributed by atoms with E-state index in [2.05, 4.69) is 0 Å². The van der Waals surface area contributed by atoms with Crippen LogP contribution < -0.4 is 11.5 Å². The molecule has 0 bridgehead atoms. The van der Waals surface area contributed by atoms with Crippen molar-refractivity contribution in [3.8, 4) is 0 Å². The fourth-order valence-corrected chi connectivity index (χ4v) is 1.02. The van der Waals surface area contributed by atoms with E-state index in [1.54, 1.807) is 0 Å². The van der Waals surface area contributed by atoms with E-state index < -0.39 is 12.0 Å². The van der Waals surface area contributed by atoms with Crippen LogP contribution in [0.4, 0.5) is 5.69 Å². The summed E-state index contributed by atoms with van der Waals surface area (Å²) in [4.78, 5) is 10.5. The minimum absolute atomic E-state index is 0.330. The lowest BCUT2D eigenvalue weighted by Crippen LogP contribution is -2.20. The molecule has 0 aromatic heterocycles. The van der Waals surface area contributed by atoms with Gasteiger partial charge in [0.05, 0.1) is 10.7 Å². The van der Waals surface area contributed by atoms with Crippen molar-refractivity contribution in [1.29, 1.82) is 0 Å². The molecule has 13 heavy (non-hydrogen) atoms. The van der Waals surface area contributed by atoms with Crippen LogP contribution in [-0.4, -0.2) is 11.1 Å². The molecule has 0 aliphatic heterocycles. The van der Waals surface area contributed by atoms with E-state index in [4.69, 9.17) is 28.2 Å². The molecule has 1 atom stereocenters. The van der Waals surface area contributed by atoms with Crippen LogP contribution >= 0.6 is 11.6 Å². The molecule has 0 saturated heterocycles. The second-order valence-corrected chi connectivity index (χ2v) is 3.00. The van der Waals surface area contributed by atoms with Crippen molar-refractivity contribution >= 4 is 23.3 Å². The fraction of sp³-hybridized carbons (Fsp3) is 0.125. The molecular weight excluding hydrogens is 192 g/mol. The van der Waals surface area contributed by atoms with Crippen molar-refractivity contribution < 1.29 is 9.90 Å². The van der Waals surface area contributed by atoms with E-state index in [-0.39, 0.29) is 0 Å². The Morgan fingerprint density at radius 2 is 2.15 bits per heavy atom. The number of carboxylic acid groups (broad SMARTS) is 1. The molecule has 0 aliphatic carbocycles. The number of nitrogens with two attached hydrogens (primary N) is 2. The summed E-state index contributed by atoms with van der Waals surface area (Å²) < 4.78 is 0. The average molecular weight is 201 g/mol. The molecule has 0 saturated carbocycles. The smallest absolute Gasteiger partial charge is 0.325 e. The predicted molar refractivity (Wildman–Crippen MR) is 50.4 cm³/mol. The second kappa shape index (κ2) is 3.64. The quantitative estimate of drug-likeness (QED) is 0.622. The Kier molecular flexibility index (Phi) is 2.75. The van der Waals surface area contributed by atoms with Crippen molar-refractivity contribution in [2.24, 2.45) is 5.73 Å². The molecule has 0 heterocycles. The first-order valence-corrected chi connectivity index (χ1v) is 3.93. The SMILES string of the molecule is Nc1cc(C(N)C(=O)O)ccc1Cl. The third-order valence-electron chi connectivity index (χ3n) is 1.65. The van der Waals surface area contributed by atoms with Crippen LogP contribution in [0.15, 0.2) is 18.2 Å². The van der Waals surface area contributed by atoms with Crippen molar-refractivity contribution in [3.05, 3.63) is 28.8 Å². The zero-order chi connectivity index (χ0) is 10.0. The van der Waals surface area contributed by atoms with E-state index in [0.29, 0.717) is 16.3 Å². The number of hydrogen-bond donors (Lipinski definition) is 3. The number of aliphatic carboxylic acids is 1. The summed E-state index contributed by atoms with van der Waals surface area (Å²) in [5.41, 5.74) is 11.6. The monoisotopic (exact) mass is 200 g/mol. The molecule has 1 aromatic rings. The van der Waals surface area contributed by atoms with Crippen LogP contribution in [0.2, 0.25) is 5.02 Å². The lowest BCUT2D eigenvalue weighted by molar-refractivity contribution is -0.138. The number of carbonyl (C=O) groups is 1. The molecule has 0 spiro atoms. The van der Waals surface area contributed by atoms with Crippen LogP contribution in [0.25, 0.3) is 0 Å². The zero-order valence-corrected chi connectivity index (χ0v) is 7.45. The van der Waals surface area contributed by atoms with E-state index >= 15 is 0 Å². The van der Waals surface area contributed by atoms with Gasteiger partial charge in [-0.2, -0.15) is 0 Å². The molecule has 5 N–H and O–H groups in total. The van der Waals surface area contributed by atoms with Crippen LogP contribution in [0, 0.1) is 0 Å². The Labute approximate surface area is 80.1 Å². The van der Waals surface area contributed by atoms with Gasteiger partial charge in [0.1, 0.15) is 6.04 Å². The molecular formula is C8H9ClN2O2. The van der Waals surface area contributed by atoms with Gasteiger partial charge in [0.15, 0.2) is 0 Å². The van der Waals surface area contributed by atoms with Gasteiger partial charge in [-0.25, -0.2) is 0 Å². The van der Waals surface area contributed by atoms with Crippen LogP contribution in [0.1, 0.15) is 11.6 Å². The summed E-state index contributed by atoms with van der Waals surface area (Å²) in [5.74, 6) is -1.10. The summed E-state index contributed by atoms with van der Waals surface area (Å²) >= 11 is 5.65. The predicted octanol–water partition coefficient (Wildman–Crippen LogP) is 1.01. The summed E-state index contributed by atoms with van der Waals surface area (Å²) in [5, 5.41) is 8.99. The van der Waals surface area contributed by atoms with Gasteiger partial charge in [-0.1, -0.05) is 17.7 Å². The first kappa shape index (κ1) is 9.83. The van der Waals surface area contributed by atoms with E-state index in [9.17, 15) is 4.79 Å². The molecule has 0 fully saturated rings. The second-order valence-electron chi connectivity index (χ2n) is 2.60. The number of rotatable bonds is 2. The topological polar surface area (TPSA) is 89.3 Å². The Bertz CT molecular complexity index is 341. The summed E-state index contributed by atoms with van der Waals surface area (Å²) in [7, 11) is 0. The van der Waals surface area contributed by atoms with Crippen molar-refractivity contribution in [3.63, 3.8) is 0 Å². The normalized spacial score (nSPS) is 12.5. The first-order chi connectivity index (χ1) is 6.02. The van der Waals surface area contributed by atoms with Crippen molar-refractivity contribution in [2.75, 3.05) is 5.73 Å². The van der Waals surface area contributed by atoms with E-state index in [1.165, 1.54) is 18.2 Å². The van der Waals surface area contributed by atoms with E-state index in [0.717, 1.165) is 0 Å². The highest BCUT2D eigenvalue weighted by Crippen LogP contribution is 2.22. The van der Waals surface area contributed by atoms with E-state index in [1.807, 2.05) is 0 Å². The van der Waals surface area contributed by atoms with Gasteiger partial charge in [0.2, 0.25) is 0 Å². The number of anilines is 1. The number of hydrogen-bond acceptors (Lipinski definition) is 3. The summed E-state index contributed by atoms with van der Waals surface area (Å²) in [6, 6.07) is 3.47.